The quantitative estimate of drug-likeness (QED) is 0.305. The lowest BCUT2D eigenvalue weighted by atomic mass is 10.0. The van der Waals surface area contributed by atoms with Crippen molar-refractivity contribution in [3.05, 3.63) is 68.2 Å². The predicted molar refractivity (Wildman–Crippen MR) is 115 cm³/mol. The molecule has 1 heterocycles. The Bertz CT molecular complexity index is 1020. The summed E-state index contributed by atoms with van der Waals surface area (Å²) >= 11 is 11.6. The minimum atomic E-state index is -0.488. The van der Waals surface area contributed by atoms with Gasteiger partial charge in [-0.05, 0) is 48.7 Å². The first-order chi connectivity index (χ1) is 13.1. The van der Waals surface area contributed by atoms with E-state index in [1.165, 1.54) is 48.7 Å². The molecule has 0 aliphatic heterocycles. The van der Waals surface area contributed by atoms with Crippen molar-refractivity contribution in [1.29, 1.82) is 0 Å². The van der Waals surface area contributed by atoms with Crippen LogP contribution in [0.4, 0.5) is 0 Å². The lowest BCUT2D eigenvalue weighted by Crippen LogP contribution is -2.18. The smallest absolute Gasteiger partial charge is 0.409 e. The van der Waals surface area contributed by atoms with E-state index in [0.717, 1.165) is 6.42 Å². The Hall–Kier alpha value is -1.91. The summed E-state index contributed by atoms with van der Waals surface area (Å²) in [5.74, 6) is -0.488. The van der Waals surface area contributed by atoms with Crippen molar-refractivity contribution in [3.8, 4) is 5.69 Å². The fraction of sp³-hybridized carbons (Fsp3) is 0.364. The van der Waals surface area contributed by atoms with Crippen molar-refractivity contribution >= 4 is 34.8 Å². The van der Waals surface area contributed by atoms with Gasteiger partial charge in [0.2, 0.25) is 0 Å². The Morgan fingerprint density at radius 1 is 1.00 bits per heavy atom. The molecule has 142 valence electrons. The van der Waals surface area contributed by atoms with Gasteiger partial charge in [-0.1, -0.05) is 75.0 Å². The topological polar surface area (TPSA) is 35.1 Å². The van der Waals surface area contributed by atoms with E-state index in [2.05, 4.69) is 19.1 Å². The Balaban J connectivity index is 1.77. The number of aryl methyl sites for hydroxylation is 1. The second-order valence-electron chi connectivity index (χ2n) is 6.83. The molecule has 0 aliphatic rings. The average molecular weight is 402 g/mol. The zero-order valence-electron chi connectivity index (χ0n) is 15.5. The number of rotatable bonds is 8. The molecule has 5 heteroatoms. The van der Waals surface area contributed by atoms with Gasteiger partial charge in [0.15, 0.2) is 0 Å². The van der Waals surface area contributed by atoms with Gasteiger partial charge in [0, 0.05) is 5.02 Å². The molecule has 0 saturated carbocycles. The second kappa shape index (κ2) is 9.34. The van der Waals surface area contributed by atoms with E-state index in [1.807, 2.05) is 12.1 Å². The number of unbranched alkanes of at least 4 members (excludes halogenated alkanes) is 5. The molecule has 27 heavy (non-hydrogen) atoms. The SMILES string of the molecule is CCCCCCCCc1ccc(-n2c(=O)oc3ccc(Cl)cc3c2=S)cc1. The highest BCUT2D eigenvalue weighted by atomic mass is 35.5. The second-order valence-corrected chi connectivity index (χ2v) is 7.66. The van der Waals surface area contributed by atoms with Crippen LogP contribution in [0.1, 0.15) is 51.0 Å². The highest BCUT2D eigenvalue weighted by molar-refractivity contribution is 7.71. The summed E-state index contributed by atoms with van der Waals surface area (Å²) in [5.41, 5.74) is 2.43. The molecule has 1 aromatic heterocycles. The van der Waals surface area contributed by atoms with Crippen molar-refractivity contribution in [2.45, 2.75) is 51.9 Å². The first kappa shape index (κ1) is 19.8. The Morgan fingerprint density at radius 2 is 1.70 bits per heavy atom. The third kappa shape index (κ3) is 4.88. The summed E-state index contributed by atoms with van der Waals surface area (Å²) in [5, 5.41) is 1.22. The average Bonchev–Trinajstić information content (AvgIpc) is 2.66. The molecule has 0 spiro atoms. The molecular weight excluding hydrogens is 378 g/mol. The summed E-state index contributed by atoms with van der Waals surface area (Å²) in [6, 6.07) is 13.1. The van der Waals surface area contributed by atoms with Crippen molar-refractivity contribution in [2.75, 3.05) is 0 Å². The van der Waals surface area contributed by atoms with Crippen LogP contribution in [-0.2, 0) is 6.42 Å². The van der Waals surface area contributed by atoms with Crippen molar-refractivity contribution in [3.63, 3.8) is 0 Å². The first-order valence-electron chi connectivity index (χ1n) is 9.55. The Labute approximate surface area is 169 Å². The standard InChI is InChI=1S/C22H24ClNO2S/c1-2-3-4-5-6-7-8-16-9-12-18(13-10-16)24-21(27)19-15-17(23)11-14-20(19)26-22(24)25/h9-15H,2-8H2,1H3. The maximum atomic E-state index is 12.4. The van der Waals surface area contributed by atoms with Crippen LogP contribution in [0.15, 0.2) is 51.7 Å². The Kier molecular flexibility index (Phi) is 6.86. The maximum Gasteiger partial charge on any atom is 0.425 e. The minimum Gasteiger partial charge on any atom is -0.409 e. The van der Waals surface area contributed by atoms with E-state index in [1.54, 1.807) is 18.2 Å². The van der Waals surface area contributed by atoms with Crippen LogP contribution < -0.4 is 5.76 Å². The minimum absolute atomic E-state index is 0.410. The van der Waals surface area contributed by atoms with Crippen molar-refractivity contribution in [2.24, 2.45) is 0 Å². The van der Waals surface area contributed by atoms with Gasteiger partial charge in [0.05, 0.1) is 11.1 Å². The number of aromatic nitrogens is 1. The first-order valence-corrected chi connectivity index (χ1v) is 10.3. The normalized spacial score (nSPS) is 11.2. The highest BCUT2D eigenvalue weighted by Gasteiger charge is 2.09. The van der Waals surface area contributed by atoms with Crippen LogP contribution in [0.3, 0.4) is 0 Å². The van der Waals surface area contributed by atoms with Gasteiger partial charge >= 0.3 is 5.76 Å². The molecular formula is C22H24ClNO2S. The number of benzene rings is 2. The molecule has 3 aromatic rings. The summed E-state index contributed by atoms with van der Waals surface area (Å²) in [6.45, 7) is 2.23. The highest BCUT2D eigenvalue weighted by Crippen LogP contribution is 2.21. The number of hydrogen-bond acceptors (Lipinski definition) is 3. The van der Waals surface area contributed by atoms with Crippen LogP contribution in [0.5, 0.6) is 0 Å². The molecule has 0 N–H and O–H groups in total. The monoisotopic (exact) mass is 401 g/mol. The van der Waals surface area contributed by atoms with Gasteiger partial charge in [-0.15, -0.1) is 0 Å². The molecule has 3 rings (SSSR count). The fourth-order valence-corrected chi connectivity index (χ4v) is 3.76. The third-order valence-corrected chi connectivity index (χ3v) is 5.41. The maximum absolute atomic E-state index is 12.4. The molecule has 0 bridgehead atoms. The molecule has 0 saturated heterocycles. The van der Waals surface area contributed by atoms with Crippen LogP contribution >= 0.6 is 23.8 Å². The molecule has 3 nitrogen and oxygen atoms in total. The molecule has 0 atom stereocenters. The van der Waals surface area contributed by atoms with Crippen LogP contribution in [-0.4, -0.2) is 4.57 Å². The van der Waals surface area contributed by atoms with Gasteiger partial charge in [-0.25, -0.2) is 9.36 Å². The van der Waals surface area contributed by atoms with Crippen LogP contribution in [0.25, 0.3) is 16.7 Å². The fourth-order valence-electron chi connectivity index (χ4n) is 3.25. The number of hydrogen-bond donors (Lipinski definition) is 0. The zero-order valence-corrected chi connectivity index (χ0v) is 17.1. The van der Waals surface area contributed by atoms with E-state index in [9.17, 15) is 4.79 Å². The molecule has 2 aromatic carbocycles. The van der Waals surface area contributed by atoms with Crippen molar-refractivity contribution < 1.29 is 4.42 Å². The van der Waals surface area contributed by atoms with Crippen LogP contribution in [0.2, 0.25) is 5.02 Å². The van der Waals surface area contributed by atoms with Crippen LogP contribution in [0, 0.1) is 4.64 Å². The van der Waals surface area contributed by atoms with Gasteiger partial charge in [-0.2, -0.15) is 0 Å². The number of nitrogens with zero attached hydrogens (tertiary/aromatic N) is 1. The molecule has 0 unspecified atom stereocenters. The number of fused-ring (bicyclic) bond motifs is 1. The largest absolute Gasteiger partial charge is 0.425 e. The third-order valence-electron chi connectivity index (χ3n) is 4.77. The van der Waals surface area contributed by atoms with Crippen molar-refractivity contribution in [1.82, 2.24) is 4.57 Å². The predicted octanol–water partition coefficient (Wildman–Crippen LogP) is 6.87. The van der Waals surface area contributed by atoms with E-state index in [0.29, 0.717) is 26.3 Å². The van der Waals surface area contributed by atoms with E-state index in [4.69, 9.17) is 28.2 Å². The molecule has 0 radical (unpaired) electrons. The van der Waals surface area contributed by atoms with Gasteiger partial charge in [0.25, 0.3) is 0 Å². The zero-order chi connectivity index (χ0) is 19.2. The molecule has 0 aliphatic carbocycles. The molecule has 0 fully saturated rings. The number of halogens is 1. The Morgan fingerprint density at radius 3 is 2.44 bits per heavy atom. The summed E-state index contributed by atoms with van der Waals surface area (Å²) in [4.78, 5) is 12.4. The van der Waals surface area contributed by atoms with Gasteiger partial charge in [0.1, 0.15) is 10.2 Å². The lowest BCUT2D eigenvalue weighted by Gasteiger charge is -2.08. The molecule has 0 amide bonds. The lowest BCUT2D eigenvalue weighted by molar-refractivity contribution is 0.507. The summed E-state index contributed by atoms with van der Waals surface area (Å²) in [6.07, 6.45) is 8.76. The summed E-state index contributed by atoms with van der Waals surface area (Å²) < 4.78 is 7.24. The summed E-state index contributed by atoms with van der Waals surface area (Å²) in [7, 11) is 0. The van der Waals surface area contributed by atoms with Gasteiger partial charge < -0.3 is 4.42 Å². The van der Waals surface area contributed by atoms with E-state index >= 15 is 0 Å². The van der Waals surface area contributed by atoms with E-state index < -0.39 is 5.76 Å². The van der Waals surface area contributed by atoms with E-state index in [-0.39, 0.29) is 0 Å². The van der Waals surface area contributed by atoms with Gasteiger partial charge in [-0.3, -0.25) is 0 Å².